The maximum absolute atomic E-state index is 10.2. The first-order valence-corrected chi connectivity index (χ1v) is 12.4. The second-order valence-electron chi connectivity index (χ2n) is 8.83. The summed E-state index contributed by atoms with van der Waals surface area (Å²) in [5, 5.41) is 13.5. The fraction of sp³-hybridized carbons (Fsp3) is 0.407. The maximum atomic E-state index is 10.2. The van der Waals surface area contributed by atoms with Crippen molar-refractivity contribution in [1.82, 2.24) is 25.2 Å². The smallest absolute Gasteiger partial charge is 0.226 e. The number of aliphatic hydroxyl groups excluding tert-OH is 1. The lowest BCUT2D eigenvalue weighted by molar-refractivity contribution is -0.0321. The Bertz CT molecular complexity index is 1090. The number of ether oxygens (including phenoxy) is 1. The molecule has 2 aromatic rings. The highest BCUT2D eigenvalue weighted by Crippen LogP contribution is 2.24. The van der Waals surface area contributed by atoms with Crippen LogP contribution in [0.2, 0.25) is 0 Å². The molecule has 192 valence electrons. The van der Waals surface area contributed by atoms with Gasteiger partial charge in [0.25, 0.3) is 0 Å². The lowest BCUT2D eigenvalue weighted by Crippen LogP contribution is -2.45. The zero-order valence-electron chi connectivity index (χ0n) is 21.3. The van der Waals surface area contributed by atoms with Gasteiger partial charge in [0.05, 0.1) is 14.2 Å². The monoisotopic (exact) mass is 492 g/mol. The van der Waals surface area contributed by atoms with Crippen molar-refractivity contribution in [2.24, 2.45) is 0 Å². The number of methoxy groups -OCH3 is 1. The second kappa shape index (κ2) is 12.6. The quantitative estimate of drug-likeness (QED) is 0.341. The Morgan fingerprint density at radius 2 is 1.75 bits per heavy atom. The number of piperazine rings is 1. The molecule has 1 fully saturated rings. The first-order chi connectivity index (χ1) is 17.6. The molecule has 9 nitrogen and oxygen atoms in total. The van der Waals surface area contributed by atoms with Crippen LogP contribution in [0.4, 0.5) is 5.95 Å². The van der Waals surface area contributed by atoms with E-state index < -0.39 is 6.23 Å². The van der Waals surface area contributed by atoms with E-state index in [-0.39, 0.29) is 0 Å². The number of hydrogen-bond acceptors (Lipinski definition) is 9. The molecule has 1 aromatic carbocycles. The van der Waals surface area contributed by atoms with E-state index in [1.54, 1.807) is 25.6 Å². The molecular formula is C27H36N6O3. The number of aromatic nitrogens is 2. The van der Waals surface area contributed by atoms with E-state index >= 15 is 0 Å². The third-order valence-corrected chi connectivity index (χ3v) is 6.50. The fourth-order valence-corrected chi connectivity index (χ4v) is 4.37. The van der Waals surface area contributed by atoms with Crippen LogP contribution in [0.25, 0.3) is 12.2 Å². The van der Waals surface area contributed by atoms with Gasteiger partial charge in [0.15, 0.2) is 6.23 Å². The van der Waals surface area contributed by atoms with Gasteiger partial charge in [0.2, 0.25) is 5.95 Å². The van der Waals surface area contributed by atoms with Gasteiger partial charge in [0, 0.05) is 61.1 Å². The van der Waals surface area contributed by atoms with E-state index in [0.29, 0.717) is 17.3 Å². The third-order valence-electron chi connectivity index (χ3n) is 6.50. The van der Waals surface area contributed by atoms with Gasteiger partial charge in [-0.25, -0.2) is 9.97 Å². The summed E-state index contributed by atoms with van der Waals surface area (Å²) in [6.07, 6.45) is 12.8. The van der Waals surface area contributed by atoms with Crippen molar-refractivity contribution in [3.05, 3.63) is 70.8 Å². The highest BCUT2D eigenvalue weighted by atomic mass is 16.7. The Hall–Kier alpha value is -3.24. The average Bonchev–Trinajstić information content (AvgIpc) is 2.93. The molecule has 1 aromatic heterocycles. The number of benzene rings is 1. The summed E-state index contributed by atoms with van der Waals surface area (Å²) >= 11 is 0. The van der Waals surface area contributed by atoms with Gasteiger partial charge in [-0.1, -0.05) is 19.1 Å². The van der Waals surface area contributed by atoms with Crippen molar-refractivity contribution >= 4 is 18.1 Å². The molecule has 0 saturated carbocycles. The van der Waals surface area contributed by atoms with Crippen LogP contribution in [0.3, 0.4) is 0 Å². The molecule has 4 rings (SSSR count). The van der Waals surface area contributed by atoms with Crippen LogP contribution >= 0.6 is 0 Å². The van der Waals surface area contributed by atoms with E-state index in [1.807, 2.05) is 24.3 Å². The van der Waals surface area contributed by atoms with Crippen molar-refractivity contribution < 1.29 is 14.7 Å². The first-order valence-electron chi connectivity index (χ1n) is 12.4. The standard InChI is InChI=1S/C27H36N6O3/c1-4-32-11-13-33(14-12-32)24-9-7-23(8-10-24)30-27-28-18-21(19-29-27)6-5-20-15-22(26(34)31-36-3)17-25(16-20)35-2/h5-7,9,15-19,26,31,34H,4,8,10-14H2,1-3H3,(H,28,29,30)/b6-5+. The topological polar surface area (TPSA) is 95.0 Å². The Kier molecular flexibility index (Phi) is 9.07. The Balaban J connectivity index is 1.35. The summed E-state index contributed by atoms with van der Waals surface area (Å²) in [4.78, 5) is 18.8. The largest absolute Gasteiger partial charge is 0.497 e. The van der Waals surface area contributed by atoms with Gasteiger partial charge in [-0.05, 0) is 55.3 Å². The van der Waals surface area contributed by atoms with Crippen LogP contribution in [0, 0.1) is 0 Å². The molecule has 9 heteroatoms. The summed E-state index contributed by atoms with van der Waals surface area (Å²) < 4.78 is 5.35. The van der Waals surface area contributed by atoms with Gasteiger partial charge in [0.1, 0.15) is 5.75 Å². The van der Waals surface area contributed by atoms with Crippen molar-refractivity contribution in [3.63, 3.8) is 0 Å². The van der Waals surface area contributed by atoms with Gasteiger partial charge < -0.3 is 29.8 Å². The first kappa shape index (κ1) is 25.8. The highest BCUT2D eigenvalue weighted by molar-refractivity contribution is 5.70. The molecule has 1 aliphatic carbocycles. The van der Waals surface area contributed by atoms with E-state index in [2.05, 4.69) is 49.6 Å². The summed E-state index contributed by atoms with van der Waals surface area (Å²) in [5.41, 5.74) is 7.43. The fourth-order valence-electron chi connectivity index (χ4n) is 4.37. The van der Waals surface area contributed by atoms with E-state index in [4.69, 9.17) is 9.57 Å². The number of hydroxylamine groups is 1. The molecule has 36 heavy (non-hydrogen) atoms. The number of likely N-dealkylation sites (N-methyl/N-ethyl adjacent to an activating group) is 1. The summed E-state index contributed by atoms with van der Waals surface area (Å²) in [7, 11) is 3.05. The minimum Gasteiger partial charge on any atom is -0.497 e. The zero-order chi connectivity index (χ0) is 25.3. The van der Waals surface area contributed by atoms with Crippen molar-refractivity contribution in [2.45, 2.75) is 26.0 Å². The number of hydrogen-bond donors (Lipinski definition) is 3. The number of rotatable bonds is 10. The molecule has 1 atom stereocenters. The molecule has 0 bridgehead atoms. The molecule has 1 saturated heterocycles. The van der Waals surface area contributed by atoms with Gasteiger partial charge in [-0.2, -0.15) is 5.48 Å². The van der Waals surface area contributed by atoms with Crippen LogP contribution in [0.5, 0.6) is 5.75 Å². The Labute approximate surface area is 213 Å². The van der Waals surface area contributed by atoms with Crippen LogP contribution in [-0.4, -0.2) is 71.8 Å². The third kappa shape index (κ3) is 6.92. The van der Waals surface area contributed by atoms with E-state index in [1.165, 1.54) is 12.8 Å². The van der Waals surface area contributed by atoms with Crippen LogP contribution in [-0.2, 0) is 4.84 Å². The molecule has 0 amide bonds. The SMILES string of the molecule is CCN1CCN(C2=CC=C(Nc3ncc(/C=C/c4cc(OC)cc(C(O)NOC)c4)cn3)CC2)CC1. The number of nitrogens with one attached hydrogen (secondary N) is 2. The van der Waals surface area contributed by atoms with Crippen molar-refractivity contribution in [3.8, 4) is 5.75 Å². The Morgan fingerprint density at radius 3 is 2.39 bits per heavy atom. The molecule has 1 unspecified atom stereocenters. The summed E-state index contributed by atoms with van der Waals surface area (Å²) in [6, 6.07) is 5.49. The molecule has 0 radical (unpaired) electrons. The number of nitrogens with zero attached hydrogens (tertiary/aromatic N) is 4. The molecule has 2 heterocycles. The lowest BCUT2D eigenvalue weighted by atomic mass is 10.1. The Morgan fingerprint density at radius 1 is 1.00 bits per heavy atom. The van der Waals surface area contributed by atoms with Gasteiger partial charge in [-0.15, -0.1) is 0 Å². The predicted molar refractivity (Wildman–Crippen MR) is 142 cm³/mol. The van der Waals surface area contributed by atoms with E-state index in [9.17, 15) is 5.11 Å². The average molecular weight is 493 g/mol. The van der Waals surface area contributed by atoms with Crippen molar-refractivity contribution in [2.75, 3.05) is 52.3 Å². The lowest BCUT2D eigenvalue weighted by Gasteiger charge is -2.37. The number of allylic oxidation sites excluding steroid dienone is 4. The summed E-state index contributed by atoms with van der Waals surface area (Å²) in [5.74, 6) is 1.23. The van der Waals surface area contributed by atoms with Crippen LogP contribution in [0.15, 0.2) is 54.1 Å². The van der Waals surface area contributed by atoms with Crippen molar-refractivity contribution in [1.29, 1.82) is 0 Å². The van der Waals surface area contributed by atoms with Crippen LogP contribution < -0.4 is 15.5 Å². The molecule has 1 aliphatic heterocycles. The minimum atomic E-state index is -0.961. The normalized spacial score (nSPS) is 17.6. The second-order valence-corrected chi connectivity index (χ2v) is 8.83. The predicted octanol–water partition coefficient (Wildman–Crippen LogP) is 3.41. The molecule has 2 aliphatic rings. The minimum absolute atomic E-state index is 0.587. The summed E-state index contributed by atoms with van der Waals surface area (Å²) in [6.45, 7) is 7.86. The van der Waals surface area contributed by atoms with Gasteiger partial charge >= 0.3 is 0 Å². The van der Waals surface area contributed by atoms with Crippen LogP contribution in [0.1, 0.15) is 42.7 Å². The molecular weight excluding hydrogens is 456 g/mol. The molecule has 0 spiro atoms. The van der Waals surface area contributed by atoms with E-state index in [0.717, 1.165) is 62.4 Å². The number of anilines is 1. The maximum Gasteiger partial charge on any atom is 0.226 e. The number of aliphatic hydroxyl groups is 1. The zero-order valence-corrected chi connectivity index (χ0v) is 21.3. The highest BCUT2D eigenvalue weighted by Gasteiger charge is 2.19. The van der Waals surface area contributed by atoms with Gasteiger partial charge in [-0.3, -0.25) is 0 Å². The molecule has 3 N–H and O–H groups in total.